The smallest absolute Gasteiger partial charge is 0.139 e. The summed E-state index contributed by atoms with van der Waals surface area (Å²) in [6.07, 6.45) is 3.15. The standard InChI is InChI=1S/C3Cl3N3.C3H3N3/c4-1-2(5)7-9-8-3(1)6;1-2-4-6-5-3-1/h;1-3H. The molecule has 0 fully saturated rings. The third-order valence-electron chi connectivity index (χ3n) is 1.04. The summed E-state index contributed by atoms with van der Waals surface area (Å²) in [5.74, 6) is 0. The molecule has 0 unspecified atom stereocenters. The van der Waals surface area contributed by atoms with Gasteiger partial charge in [0.05, 0.1) is 12.4 Å². The van der Waals surface area contributed by atoms with E-state index in [1.165, 1.54) is 0 Å². The Morgan fingerprint density at radius 1 is 0.800 bits per heavy atom. The van der Waals surface area contributed by atoms with Crippen molar-refractivity contribution in [3.8, 4) is 0 Å². The van der Waals surface area contributed by atoms with Crippen LogP contribution in [0.2, 0.25) is 15.3 Å². The van der Waals surface area contributed by atoms with Crippen molar-refractivity contribution in [2.75, 3.05) is 0 Å². The van der Waals surface area contributed by atoms with E-state index in [4.69, 9.17) is 34.8 Å². The Kier molecular flexibility index (Phi) is 5.09. The summed E-state index contributed by atoms with van der Waals surface area (Å²) in [7, 11) is 0. The highest BCUT2D eigenvalue weighted by molar-refractivity contribution is 6.46. The minimum Gasteiger partial charge on any atom is -0.139 e. The van der Waals surface area contributed by atoms with Crippen LogP contribution in [0.4, 0.5) is 0 Å². The maximum absolute atomic E-state index is 5.45. The average Bonchev–Trinajstić information content (AvgIpc) is 2.29. The molecule has 78 valence electrons. The first-order valence-corrected chi connectivity index (χ1v) is 4.63. The molecule has 2 aromatic heterocycles. The third-order valence-corrected chi connectivity index (χ3v) is 2.12. The van der Waals surface area contributed by atoms with Gasteiger partial charge in [-0.15, -0.1) is 20.4 Å². The molecule has 0 aromatic carbocycles. The first-order valence-electron chi connectivity index (χ1n) is 3.50. The minimum absolute atomic E-state index is 0.0664. The number of aromatic nitrogens is 6. The van der Waals surface area contributed by atoms with Crippen LogP contribution in [-0.2, 0) is 0 Å². The average molecular weight is 265 g/mol. The van der Waals surface area contributed by atoms with Gasteiger partial charge in [0.25, 0.3) is 0 Å². The number of rotatable bonds is 0. The van der Waals surface area contributed by atoms with E-state index in [1.807, 2.05) is 0 Å². The summed E-state index contributed by atoms with van der Waals surface area (Å²) in [4.78, 5) is 0. The van der Waals surface area contributed by atoms with Gasteiger partial charge in [0.2, 0.25) is 0 Å². The Morgan fingerprint density at radius 3 is 1.60 bits per heavy atom. The highest BCUT2D eigenvalue weighted by Gasteiger charge is 2.03. The molecule has 15 heavy (non-hydrogen) atoms. The van der Waals surface area contributed by atoms with Crippen molar-refractivity contribution < 1.29 is 0 Å². The molecular weight excluding hydrogens is 262 g/mol. The van der Waals surface area contributed by atoms with Crippen LogP contribution in [0.3, 0.4) is 0 Å². The molecule has 6 nitrogen and oxygen atoms in total. The van der Waals surface area contributed by atoms with Crippen molar-refractivity contribution in [3.05, 3.63) is 33.8 Å². The second kappa shape index (κ2) is 6.39. The van der Waals surface area contributed by atoms with Gasteiger partial charge in [0.1, 0.15) is 5.02 Å². The Morgan fingerprint density at radius 2 is 1.33 bits per heavy atom. The highest BCUT2D eigenvalue weighted by atomic mass is 35.5. The zero-order valence-electron chi connectivity index (χ0n) is 7.05. The van der Waals surface area contributed by atoms with Gasteiger partial charge < -0.3 is 0 Å². The van der Waals surface area contributed by atoms with Gasteiger partial charge in [-0.25, -0.2) is 0 Å². The topological polar surface area (TPSA) is 77.3 Å². The normalized spacial score (nSPS) is 9.00. The summed E-state index contributed by atoms with van der Waals surface area (Å²) in [6.45, 7) is 0. The van der Waals surface area contributed by atoms with E-state index in [0.717, 1.165) is 0 Å². The lowest BCUT2D eigenvalue weighted by atomic mass is 10.7. The Labute approximate surface area is 99.6 Å². The Bertz CT molecular complexity index is 364. The molecule has 0 aliphatic rings. The molecule has 0 aliphatic carbocycles. The summed E-state index contributed by atoms with van der Waals surface area (Å²) in [6, 6.07) is 1.72. The summed E-state index contributed by atoms with van der Waals surface area (Å²) in [5.41, 5.74) is 0. The molecule has 0 amide bonds. The molecule has 0 saturated heterocycles. The molecule has 9 heteroatoms. The van der Waals surface area contributed by atoms with Crippen molar-refractivity contribution >= 4 is 34.8 Å². The molecule has 0 radical (unpaired) electrons. The van der Waals surface area contributed by atoms with Crippen molar-refractivity contribution in [2.24, 2.45) is 0 Å². The second-order valence-corrected chi connectivity index (χ2v) is 3.09. The van der Waals surface area contributed by atoms with Crippen LogP contribution in [0.5, 0.6) is 0 Å². The monoisotopic (exact) mass is 264 g/mol. The van der Waals surface area contributed by atoms with Crippen LogP contribution < -0.4 is 0 Å². The van der Waals surface area contributed by atoms with E-state index in [9.17, 15) is 0 Å². The van der Waals surface area contributed by atoms with E-state index in [-0.39, 0.29) is 15.3 Å². The molecule has 2 heterocycles. The lowest BCUT2D eigenvalue weighted by Crippen LogP contribution is -1.88. The quantitative estimate of drug-likeness (QED) is 0.721. The fourth-order valence-electron chi connectivity index (χ4n) is 0.479. The first kappa shape index (κ1) is 12.0. The van der Waals surface area contributed by atoms with Crippen LogP contribution in [0.15, 0.2) is 18.5 Å². The van der Waals surface area contributed by atoms with Crippen LogP contribution >= 0.6 is 34.8 Å². The summed E-state index contributed by atoms with van der Waals surface area (Å²) < 4.78 is 0. The fraction of sp³-hybridized carbons (Fsp3) is 0. The zero-order valence-corrected chi connectivity index (χ0v) is 9.32. The predicted octanol–water partition coefficient (Wildman–Crippen LogP) is 1.70. The van der Waals surface area contributed by atoms with Crippen molar-refractivity contribution in [1.82, 2.24) is 30.8 Å². The molecule has 0 saturated carbocycles. The molecule has 0 bridgehead atoms. The van der Waals surface area contributed by atoms with Crippen LogP contribution in [0, 0.1) is 0 Å². The lowest BCUT2D eigenvalue weighted by Gasteiger charge is -1.90. The maximum atomic E-state index is 5.45. The summed E-state index contributed by atoms with van der Waals surface area (Å²) >= 11 is 16.2. The van der Waals surface area contributed by atoms with Gasteiger partial charge in [-0.3, -0.25) is 0 Å². The molecule has 0 atom stereocenters. The van der Waals surface area contributed by atoms with Gasteiger partial charge >= 0.3 is 0 Å². The number of halogens is 3. The van der Waals surface area contributed by atoms with Crippen molar-refractivity contribution in [1.29, 1.82) is 0 Å². The van der Waals surface area contributed by atoms with Gasteiger partial charge in [0, 0.05) is 0 Å². The predicted molar refractivity (Wildman–Crippen MR) is 54.7 cm³/mol. The zero-order chi connectivity index (χ0) is 11.1. The largest absolute Gasteiger partial charge is 0.175 e. The number of hydrogen-bond acceptors (Lipinski definition) is 6. The Balaban J connectivity index is 0.000000162. The van der Waals surface area contributed by atoms with Gasteiger partial charge in [0.15, 0.2) is 10.3 Å². The van der Waals surface area contributed by atoms with Crippen LogP contribution in [-0.4, -0.2) is 30.8 Å². The molecular formula is C6H3Cl3N6. The molecule has 0 spiro atoms. The fourth-order valence-corrected chi connectivity index (χ4v) is 0.849. The van der Waals surface area contributed by atoms with E-state index >= 15 is 0 Å². The van der Waals surface area contributed by atoms with Gasteiger partial charge in [-0.2, -0.15) is 0 Å². The molecule has 0 aliphatic heterocycles. The highest BCUT2D eigenvalue weighted by Crippen LogP contribution is 2.23. The maximum Gasteiger partial charge on any atom is 0.175 e. The SMILES string of the molecule is Clc1nnnc(Cl)c1Cl.c1cnnnc1. The molecule has 2 aromatic rings. The van der Waals surface area contributed by atoms with Crippen molar-refractivity contribution in [3.63, 3.8) is 0 Å². The third kappa shape index (κ3) is 4.28. The van der Waals surface area contributed by atoms with E-state index in [2.05, 4.69) is 30.8 Å². The second-order valence-electron chi connectivity index (χ2n) is 2.00. The molecule has 2 rings (SSSR count). The van der Waals surface area contributed by atoms with Gasteiger partial charge in [-0.1, -0.05) is 34.8 Å². The Hall–Kier alpha value is -1.11. The van der Waals surface area contributed by atoms with E-state index in [1.54, 1.807) is 18.5 Å². The lowest BCUT2D eigenvalue weighted by molar-refractivity contribution is 0.865. The van der Waals surface area contributed by atoms with E-state index in [0.29, 0.717) is 0 Å². The van der Waals surface area contributed by atoms with Crippen molar-refractivity contribution in [2.45, 2.75) is 0 Å². The first-order chi connectivity index (χ1) is 7.22. The van der Waals surface area contributed by atoms with Crippen LogP contribution in [0.25, 0.3) is 0 Å². The molecule has 0 N–H and O–H groups in total. The van der Waals surface area contributed by atoms with E-state index < -0.39 is 0 Å². The number of hydrogen-bond donors (Lipinski definition) is 0. The van der Waals surface area contributed by atoms with Crippen LogP contribution in [0.1, 0.15) is 0 Å². The number of nitrogens with zero attached hydrogens (tertiary/aromatic N) is 6. The van der Waals surface area contributed by atoms with Gasteiger partial charge in [-0.05, 0) is 16.5 Å². The summed E-state index contributed by atoms with van der Waals surface area (Å²) in [5, 5.41) is 20.2. The minimum atomic E-state index is 0.0664.